The Hall–Kier alpha value is -0.830. The molecular weight excluding hydrogens is 294 g/mol. The van der Waals surface area contributed by atoms with Crippen LogP contribution in [0.3, 0.4) is 0 Å². The molecule has 0 unspecified atom stereocenters. The van der Waals surface area contributed by atoms with Crippen LogP contribution in [-0.2, 0) is 9.59 Å². The van der Waals surface area contributed by atoms with Gasteiger partial charge in [-0.1, -0.05) is 13.8 Å². The average Bonchev–Trinajstić information content (AvgIpc) is 2.47. The molecule has 0 aromatic carbocycles. The maximum absolute atomic E-state index is 11.7. The predicted molar refractivity (Wildman–Crippen MR) is 81.5 cm³/mol. The maximum atomic E-state index is 11.7. The van der Waals surface area contributed by atoms with Gasteiger partial charge in [-0.25, -0.2) is 5.01 Å². The molecule has 1 rings (SSSR count). The number of carbonyl (C=O) groups is 2. The number of amides is 2. The zero-order chi connectivity index (χ0) is 15.9. The highest BCUT2D eigenvalue weighted by atomic mass is 32.2. The Labute approximate surface area is 129 Å². The minimum Gasteiger partial charge on any atom is -0.396 e. The number of nitrogens with zero attached hydrogens (tertiary/aromatic N) is 1. The van der Waals surface area contributed by atoms with E-state index in [2.05, 4.69) is 10.7 Å². The van der Waals surface area contributed by atoms with Crippen LogP contribution in [0, 0.1) is 5.41 Å². The molecule has 4 N–H and O–H groups in total. The van der Waals surface area contributed by atoms with E-state index >= 15 is 0 Å². The molecule has 1 aliphatic heterocycles. The fourth-order valence-electron chi connectivity index (χ4n) is 1.74. The van der Waals surface area contributed by atoms with Gasteiger partial charge >= 0.3 is 0 Å². The van der Waals surface area contributed by atoms with Gasteiger partial charge in [0.15, 0.2) is 0 Å². The molecule has 0 saturated carbocycles. The smallest absolute Gasteiger partial charge is 0.249 e. The molecule has 122 valence electrons. The summed E-state index contributed by atoms with van der Waals surface area (Å²) in [6, 6.07) is 0. The highest BCUT2D eigenvalue weighted by Crippen LogP contribution is 2.19. The fraction of sp³-hybridized carbons (Fsp3) is 0.846. The standard InChI is InChI=1S/C13H25N3O4S/c1-13(2,9-17)11(19)12(20)14-4-3-10(18)15-16-5-7-21-8-6-16/h11,17,19H,3-9H2,1-2H3,(H,14,20)(H,15,18)/t11-/m0/s1. The first kappa shape index (κ1) is 18.2. The number of hydrazine groups is 1. The van der Waals surface area contributed by atoms with Crippen molar-refractivity contribution in [1.29, 1.82) is 0 Å². The van der Waals surface area contributed by atoms with Crippen molar-refractivity contribution in [2.45, 2.75) is 26.4 Å². The van der Waals surface area contributed by atoms with E-state index in [4.69, 9.17) is 5.11 Å². The molecule has 0 spiro atoms. The van der Waals surface area contributed by atoms with Crippen molar-refractivity contribution in [3.8, 4) is 0 Å². The van der Waals surface area contributed by atoms with Crippen LogP contribution in [0.15, 0.2) is 0 Å². The molecule has 1 saturated heterocycles. The Morgan fingerprint density at radius 2 is 1.95 bits per heavy atom. The Bertz CT molecular complexity index is 359. The normalized spacial score (nSPS) is 18.1. The van der Waals surface area contributed by atoms with E-state index in [1.165, 1.54) is 0 Å². The lowest BCUT2D eigenvalue weighted by Crippen LogP contribution is -2.48. The van der Waals surface area contributed by atoms with Crippen molar-refractivity contribution in [3.05, 3.63) is 0 Å². The van der Waals surface area contributed by atoms with Gasteiger partial charge in [-0.3, -0.25) is 15.0 Å². The number of nitrogens with one attached hydrogen (secondary N) is 2. The molecule has 1 aliphatic rings. The summed E-state index contributed by atoms with van der Waals surface area (Å²) in [6.45, 7) is 4.70. The topological polar surface area (TPSA) is 102 Å². The third-order valence-corrected chi connectivity index (χ3v) is 4.28. The van der Waals surface area contributed by atoms with E-state index in [0.717, 1.165) is 24.6 Å². The summed E-state index contributed by atoms with van der Waals surface area (Å²) in [6.07, 6.45) is -1.15. The van der Waals surface area contributed by atoms with E-state index < -0.39 is 17.4 Å². The number of hydrogen-bond acceptors (Lipinski definition) is 6. The molecule has 0 bridgehead atoms. The Morgan fingerprint density at radius 3 is 2.52 bits per heavy atom. The minimum absolute atomic E-state index is 0.154. The van der Waals surface area contributed by atoms with Gasteiger partial charge in [0.05, 0.1) is 6.61 Å². The molecular formula is C13H25N3O4S. The number of aliphatic hydroxyl groups excluding tert-OH is 2. The molecule has 0 aromatic heterocycles. The van der Waals surface area contributed by atoms with E-state index in [-0.39, 0.29) is 25.5 Å². The second-order valence-corrected chi connectivity index (χ2v) is 6.95. The lowest BCUT2D eigenvalue weighted by molar-refractivity contribution is -0.137. The summed E-state index contributed by atoms with van der Waals surface area (Å²) in [5.74, 6) is 1.27. The van der Waals surface area contributed by atoms with Crippen molar-refractivity contribution >= 4 is 23.6 Å². The molecule has 2 amide bonds. The third kappa shape index (κ3) is 6.21. The predicted octanol–water partition coefficient (Wildman–Crippen LogP) is -1.05. The van der Waals surface area contributed by atoms with Gasteiger partial charge < -0.3 is 15.5 Å². The molecule has 0 radical (unpaired) electrons. The van der Waals surface area contributed by atoms with Crippen molar-refractivity contribution < 1.29 is 19.8 Å². The SMILES string of the molecule is CC(C)(CO)[C@@H](O)C(=O)NCCC(=O)NN1CCSCC1. The first-order valence-corrected chi connectivity index (χ1v) is 8.21. The highest BCUT2D eigenvalue weighted by Gasteiger charge is 2.32. The number of carbonyl (C=O) groups excluding carboxylic acids is 2. The number of hydrogen-bond donors (Lipinski definition) is 4. The van der Waals surface area contributed by atoms with Crippen molar-refractivity contribution in [1.82, 2.24) is 15.8 Å². The Morgan fingerprint density at radius 1 is 1.33 bits per heavy atom. The molecule has 0 aromatic rings. The summed E-state index contributed by atoms with van der Waals surface area (Å²) >= 11 is 1.86. The quantitative estimate of drug-likeness (QED) is 0.478. The third-order valence-electron chi connectivity index (χ3n) is 3.34. The van der Waals surface area contributed by atoms with Gasteiger partial charge in [0.25, 0.3) is 0 Å². The van der Waals surface area contributed by atoms with Crippen molar-refractivity contribution in [2.24, 2.45) is 5.41 Å². The van der Waals surface area contributed by atoms with E-state index in [1.54, 1.807) is 13.8 Å². The summed E-state index contributed by atoms with van der Waals surface area (Å²) in [5, 5.41) is 23.3. The molecule has 8 heteroatoms. The number of rotatable bonds is 7. The lowest BCUT2D eigenvalue weighted by atomic mass is 9.87. The van der Waals surface area contributed by atoms with Gasteiger partial charge in [-0.15, -0.1) is 0 Å². The molecule has 7 nitrogen and oxygen atoms in total. The van der Waals surface area contributed by atoms with Gasteiger partial charge in [0.1, 0.15) is 6.10 Å². The molecule has 1 atom stereocenters. The zero-order valence-corrected chi connectivity index (χ0v) is 13.4. The lowest BCUT2D eigenvalue weighted by Gasteiger charge is -2.27. The van der Waals surface area contributed by atoms with Gasteiger partial charge in [-0.2, -0.15) is 11.8 Å². The molecule has 1 heterocycles. The first-order chi connectivity index (χ1) is 9.86. The maximum Gasteiger partial charge on any atom is 0.249 e. The summed E-state index contributed by atoms with van der Waals surface area (Å²) < 4.78 is 0. The zero-order valence-electron chi connectivity index (χ0n) is 12.6. The van der Waals surface area contributed by atoms with E-state index in [0.29, 0.717) is 0 Å². The largest absolute Gasteiger partial charge is 0.396 e. The van der Waals surface area contributed by atoms with Crippen LogP contribution in [-0.4, -0.2) is 70.9 Å². The number of aliphatic hydroxyl groups is 2. The average molecular weight is 319 g/mol. The monoisotopic (exact) mass is 319 g/mol. The van der Waals surface area contributed by atoms with Gasteiger partial charge in [0.2, 0.25) is 11.8 Å². The summed E-state index contributed by atoms with van der Waals surface area (Å²) in [5.41, 5.74) is 1.89. The van der Waals surface area contributed by atoms with Crippen LogP contribution < -0.4 is 10.7 Å². The van der Waals surface area contributed by atoms with E-state index in [1.807, 2.05) is 16.8 Å². The first-order valence-electron chi connectivity index (χ1n) is 7.05. The molecule has 0 aliphatic carbocycles. The molecule has 21 heavy (non-hydrogen) atoms. The summed E-state index contributed by atoms with van der Waals surface area (Å²) in [4.78, 5) is 23.4. The van der Waals surface area contributed by atoms with Crippen molar-refractivity contribution in [3.63, 3.8) is 0 Å². The van der Waals surface area contributed by atoms with Crippen LogP contribution >= 0.6 is 11.8 Å². The van der Waals surface area contributed by atoms with Gasteiger partial charge in [-0.05, 0) is 0 Å². The number of thioether (sulfide) groups is 1. The summed E-state index contributed by atoms with van der Waals surface area (Å²) in [7, 11) is 0. The minimum atomic E-state index is -1.30. The Kier molecular flexibility index (Phi) is 7.44. The van der Waals surface area contributed by atoms with E-state index in [9.17, 15) is 14.7 Å². The highest BCUT2D eigenvalue weighted by molar-refractivity contribution is 7.99. The fourth-order valence-corrected chi connectivity index (χ4v) is 2.65. The van der Waals surface area contributed by atoms with Gasteiger partial charge in [0, 0.05) is 43.0 Å². The van der Waals surface area contributed by atoms with Crippen LogP contribution in [0.4, 0.5) is 0 Å². The second kappa shape index (κ2) is 8.57. The molecule has 1 fully saturated rings. The van der Waals surface area contributed by atoms with Crippen LogP contribution in [0.5, 0.6) is 0 Å². The Balaban J connectivity index is 2.23. The van der Waals surface area contributed by atoms with Crippen LogP contribution in [0.2, 0.25) is 0 Å². The van der Waals surface area contributed by atoms with Crippen LogP contribution in [0.25, 0.3) is 0 Å². The van der Waals surface area contributed by atoms with Crippen LogP contribution in [0.1, 0.15) is 20.3 Å². The van der Waals surface area contributed by atoms with Crippen molar-refractivity contribution in [2.75, 3.05) is 37.7 Å². The second-order valence-electron chi connectivity index (χ2n) is 5.72.